The molecule has 1 aromatic rings. The molecule has 2 rings (SSSR count). The minimum absolute atomic E-state index is 0.0704. The number of carbonyl (C=O) groups excluding carboxylic acids is 1. The van der Waals surface area contributed by atoms with E-state index in [1.165, 1.54) is 0 Å². The molecule has 0 radical (unpaired) electrons. The van der Waals surface area contributed by atoms with E-state index in [4.69, 9.17) is 9.47 Å². The highest BCUT2D eigenvalue weighted by atomic mass is 32.2. The Balaban J connectivity index is 2.03. The molecule has 116 valence electrons. The molecule has 1 heterocycles. The highest BCUT2D eigenvalue weighted by Gasteiger charge is 2.23. The number of rotatable bonds is 6. The third kappa shape index (κ3) is 4.52. The zero-order valence-electron chi connectivity index (χ0n) is 11.9. The zero-order valence-corrected chi connectivity index (χ0v) is 12.7. The second-order valence-corrected chi connectivity index (χ2v) is 6.64. The van der Waals surface area contributed by atoms with Crippen LogP contribution in [0.3, 0.4) is 0 Å². The molecule has 7 heteroatoms. The summed E-state index contributed by atoms with van der Waals surface area (Å²) in [6.45, 7) is 2.96. The van der Waals surface area contributed by atoms with E-state index in [0.717, 1.165) is 0 Å². The molecule has 1 aromatic carbocycles. The number of nitrogens with one attached hydrogen (secondary N) is 1. The van der Waals surface area contributed by atoms with Gasteiger partial charge in [-0.15, -0.1) is 0 Å². The number of Topliss-reactive ketones (excluding diaryl/α,β-unsaturated/α-hetero) is 1. The van der Waals surface area contributed by atoms with Gasteiger partial charge in [-0.2, -0.15) is 0 Å². The van der Waals surface area contributed by atoms with E-state index < -0.39 is 16.1 Å². The van der Waals surface area contributed by atoms with Crippen LogP contribution in [0.4, 0.5) is 5.69 Å². The molecule has 1 atom stereocenters. The maximum atomic E-state index is 12.2. The van der Waals surface area contributed by atoms with Crippen LogP contribution in [0, 0.1) is 0 Å². The third-order valence-electron chi connectivity index (χ3n) is 3.02. The number of anilines is 1. The van der Waals surface area contributed by atoms with Crippen molar-refractivity contribution < 1.29 is 22.7 Å². The van der Waals surface area contributed by atoms with Gasteiger partial charge in [-0.05, 0) is 30.7 Å². The van der Waals surface area contributed by atoms with Gasteiger partial charge in [0.05, 0.1) is 25.6 Å². The van der Waals surface area contributed by atoms with Crippen molar-refractivity contribution in [2.24, 2.45) is 0 Å². The van der Waals surface area contributed by atoms with Gasteiger partial charge in [0.1, 0.15) is 6.10 Å². The second-order valence-electron chi connectivity index (χ2n) is 4.80. The molecule has 0 bridgehead atoms. The van der Waals surface area contributed by atoms with Gasteiger partial charge in [0.25, 0.3) is 0 Å². The fraction of sp³-hybridized carbons (Fsp3) is 0.500. The summed E-state index contributed by atoms with van der Waals surface area (Å²) >= 11 is 0. The minimum atomic E-state index is -3.32. The molecule has 1 N–H and O–H groups in total. The van der Waals surface area contributed by atoms with Crippen LogP contribution in [0.25, 0.3) is 0 Å². The molecule has 1 aliphatic heterocycles. The van der Waals surface area contributed by atoms with Crippen molar-refractivity contribution >= 4 is 21.5 Å². The topological polar surface area (TPSA) is 81.7 Å². The Bertz CT molecular complexity index is 576. The minimum Gasteiger partial charge on any atom is -0.376 e. The Morgan fingerprint density at radius 1 is 1.29 bits per heavy atom. The fourth-order valence-corrected chi connectivity index (χ4v) is 3.16. The molecule has 6 nitrogen and oxygen atoms in total. The lowest BCUT2D eigenvalue weighted by Crippen LogP contribution is -2.35. The fourth-order valence-electron chi connectivity index (χ4n) is 2.03. The van der Waals surface area contributed by atoms with E-state index in [0.29, 0.717) is 30.9 Å². The SMILES string of the molecule is CCCS(=O)(=O)Nc1ccc(C(=O)C2COCCO2)cc1. The summed E-state index contributed by atoms with van der Waals surface area (Å²) in [5.74, 6) is -0.0846. The lowest BCUT2D eigenvalue weighted by molar-refractivity contribution is -0.0719. The van der Waals surface area contributed by atoms with E-state index >= 15 is 0 Å². The first-order chi connectivity index (χ1) is 10.0. The molecule has 0 saturated carbocycles. The van der Waals surface area contributed by atoms with Crippen molar-refractivity contribution in [1.82, 2.24) is 0 Å². The van der Waals surface area contributed by atoms with Gasteiger partial charge >= 0.3 is 0 Å². The molecule has 1 aliphatic rings. The van der Waals surface area contributed by atoms with Crippen LogP contribution in [-0.4, -0.2) is 45.9 Å². The summed E-state index contributed by atoms with van der Waals surface area (Å²) in [5, 5.41) is 0. The molecule has 1 saturated heterocycles. The monoisotopic (exact) mass is 313 g/mol. The van der Waals surface area contributed by atoms with Gasteiger partial charge in [0.15, 0.2) is 5.78 Å². The summed E-state index contributed by atoms with van der Waals surface area (Å²) in [5.41, 5.74) is 0.921. The average molecular weight is 313 g/mol. The first-order valence-corrected chi connectivity index (χ1v) is 8.51. The predicted octanol–water partition coefficient (Wildman–Crippen LogP) is 1.44. The molecule has 0 aliphatic carbocycles. The van der Waals surface area contributed by atoms with Crippen LogP contribution in [0.2, 0.25) is 0 Å². The van der Waals surface area contributed by atoms with Crippen LogP contribution in [0.1, 0.15) is 23.7 Å². The standard InChI is InChI=1S/C14H19NO5S/c1-2-9-21(17,18)15-12-5-3-11(4-6-12)14(16)13-10-19-7-8-20-13/h3-6,13,15H,2,7-10H2,1H3. The number of hydrogen-bond acceptors (Lipinski definition) is 5. The number of carbonyl (C=O) groups is 1. The molecule has 0 amide bonds. The van der Waals surface area contributed by atoms with Crippen LogP contribution < -0.4 is 4.72 Å². The average Bonchev–Trinajstić information content (AvgIpc) is 2.48. The number of hydrogen-bond donors (Lipinski definition) is 1. The van der Waals surface area contributed by atoms with Crippen molar-refractivity contribution in [3.05, 3.63) is 29.8 Å². The normalized spacial score (nSPS) is 19.2. The molecular formula is C14H19NO5S. The van der Waals surface area contributed by atoms with Crippen molar-refractivity contribution in [1.29, 1.82) is 0 Å². The Morgan fingerprint density at radius 3 is 2.57 bits per heavy atom. The van der Waals surface area contributed by atoms with Gasteiger partial charge in [-0.3, -0.25) is 9.52 Å². The van der Waals surface area contributed by atoms with Gasteiger partial charge < -0.3 is 9.47 Å². The van der Waals surface area contributed by atoms with E-state index in [9.17, 15) is 13.2 Å². The van der Waals surface area contributed by atoms with Crippen LogP contribution in [0.15, 0.2) is 24.3 Å². The van der Waals surface area contributed by atoms with Gasteiger partial charge in [0, 0.05) is 11.3 Å². The van der Waals surface area contributed by atoms with Crippen molar-refractivity contribution in [3.63, 3.8) is 0 Å². The number of benzene rings is 1. The number of sulfonamides is 1. The molecule has 21 heavy (non-hydrogen) atoms. The van der Waals surface area contributed by atoms with E-state index in [2.05, 4.69) is 4.72 Å². The molecule has 0 aromatic heterocycles. The molecule has 0 spiro atoms. The summed E-state index contributed by atoms with van der Waals surface area (Å²) in [7, 11) is -3.32. The third-order valence-corrected chi connectivity index (χ3v) is 4.52. The van der Waals surface area contributed by atoms with Gasteiger partial charge in [-0.25, -0.2) is 8.42 Å². The highest BCUT2D eigenvalue weighted by molar-refractivity contribution is 7.92. The molecule has 1 unspecified atom stereocenters. The largest absolute Gasteiger partial charge is 0.376 e. The Kier molecular flexibility index (Phi) is 5.33. The van der Waals surface area contributed by atoms with Crippen LogP contribution in [-0.2, 0) is 19.5 Å². The smallest absolute Gasteiger partial charge is 0.232 e. The van der Waals surface area contributed by atoms with Crippen LogP contribution >= 0.6 is 0 Å². The second kappa shape index (κ2) is 7.02. The lowest BCUT2D eigenvalue weighted by atomic mass is 10.1. The Hall–Kier alpha value is -1.44. The highest BCUT2D eigenvalue weighted by Crippen LogP contribution is 2.15. The molecular weight excluding hydrogens is 294 g/mol. The Morgan fingerprint density at radius 2 is 2.00 bits per heavy atom. The predicted molar refractivity (Wildman–Crippen MR) is 79.0 cm³/mol. The van der Waals surface area contributed by atoms with Crippen molar-refractivity contribution in [3.8, 4) is 0 Å². The van der Waals surface area contributed by atoms with Gasteiger partial charge in [0.2, 0.25) is 10.0 Å². The van der Waals surface area contributed by atoms with Gasteiger partial charge in [-0.1, -0.05) is 6.92 Å². The van der Waals surface area contributed by atoms with Crippen molar-refractivity contribution in [2.75, 3.05) is 30.3 Å². The summed E-state index contributed by atoms with van der Waals surface area (Å²) < 4.78 is 36.3. The maximum absolute atomic E-state index is 12.2. The maximum Gasteiger partial charge on any atom is 0.232 e. The lowest BCUT2D eigenvalue weighted by Gasteiger charge is -2.21. The summed E-state index contributed by atoms with van der Waals surface area (Å²) in [6, 6.07) is 6.32. The first kappa shape index (κ1) is 15.9. The molecule has 1 fully saturated rings. The quantitative estimate of drug-likeness (QED) is 0.804. The van der Waals surface area contributed by atoms with Crippen molar-refractivity contribution in [2.45, 2.75) is 19.4 Å². The summed E-state index contributed by atoms with van der Waals surface area (Å²) in [6.07, 6.45) is -0.0355. The Labute approximate surface area is 124 Å². The number of ether oxygens (including phenoxy) is 2. The van der Waals surface area contributed by atoms with Crippen LogP contribution in [0.5, 0.6) is 0 Å². The first-order valence-electron chi connectivity index (χ1n) is 6.86. The zero-order chi connectivity index (χ0) is 15.3. The summed E-state index contributed by atoms with van der Waals surface area (Å²) in [4.78, 5) is 12.2. The van der Waals surface area contributed by atoms with E-state index in [1.807, 2.05) is 0 Å². The number of ketones is 1. The van der Waals surface area contributed by atoms with E-state index in [-0.39, 0.29) is 18.1 Å². The van der Waals surface area contributed by atoms with E-state index in [1.54, 1.807) is 31.2 Å².